The van der Waals surface area contributed by atoms with Gasteiger partial charge in [-0.2, -0.15) is 0 Å². The largest absolute Gasteiger partial charge is 0.387 e. The van der Waals surface area contributed by atoms with Crippen LogP contribution in [0.1, 0.15) is 53.7 Å². The first-order valence-electron chi connectivity index (χ1n) is 11.6. The first-order valence-corrected chi connectivity index (χ1v) is 13.5. The van der Waals surface area contributed by atoms with Gasteiger partial charge in [0.1, 0.15) is 0 Å². The molecule has 0 saturated carbocycles. The lowest BCUT2D eigenvalue weighted by atomic mass is 9.78. The Morgan fingerprint density at radius 2 is 2.00 bits per heavy atom. The fraction of sp³-hybridized carbons (Fsp3) is 0.560. The number of fused-ring (bicyclic) bond motifs is 1. The minimum Gasteiger partial charge on any atom is -0.387 e. The monoisotopic (exact) mass is 457 g/mol. The molecule has 1 aliphatic heterocycles. The van der Waals surface area contributed by atoms with E-state index >= 15 is 0 Å². The number of sulfonamides is 1. The minimum atomic E-state index is -3.24. The molecule has 2 N–H and O–H groups in total. The second-order valence-corrected chi connectivity index (χ2v) is 11.4. The van der Waals surface area contributed by atoms with Crippen molar-refractivity contribution in [3.63, 3.8) is 0 Å². The van der Waals surface area contributed by atoms with E-state index in [2.05, 4.69) is 51.9 Å². The Balaban J connectivity index is 1.45. The number of benzene rings is 1. The van der Waals surface area contributed by atoms with E-state index in [1.54, 1.807) is 6.20 Å². The third-order valence-electron chi connectivity index (χ3n) is 7.15. The van der Waals surface area contributed by atoms with E-state index in [4.69, 9.17) is 0 Å². The van der Waals surface area contributed by atoms with Crippen LogP contribution in [0.4, 0.5) is 0 Å². The van der Waals surface area contributed by atoms with E-state index in [0.717, 1.165) is 56.6 Å². The molecule has 4 rings (SSSR count). The second-order valence-electron chi connectivity index (χ2n) is 9.60. The minimum absolute atomic E-state index is 0.217. The standard InChI is InChI=1S/C25H35N3O3S/c1-18-6-3-4-8-22(18)23-11-13-28(17-21(23)15-27-32(2,30)31)16-19-9-10-20-7-5-12-26-25(20)24(29)14-19/h3-8,12,19,21,23-24,27,29H,9-11,13-17H2,1-2H3/t19-,21+,23+,24+/m1/s1. The number of aliphatic hydroxyl groups excluding tert-OH is 1. The van der Waals surface area contributed by atoms with Gasteiger partial charge in [0.2, 0.25) is 10.0 Å². The quantitative estimate of drug-likeness (QED) is 0.652. The van der Waals surface area contributed by atoms with Crippen molar-refractivity contribution in [1.29, 1.82) is 0 Å². The van der Waals surface area contributed by atoms with Crippen molar-refractivity contribution in [3.8, 4) is 0 Å². The van der Waals surface area contributed by atoms with Crippen LogP contribution in [0.5, 0.6) is 0 Å². The molecule has 174 valence electrons. The van der Waals surface area contributed by atoms with Crippen LogP contribution in [0.25, 0.3) is 0 Å². The Morgan fingerprint density at radius 3 is 2.78 bits per heavy atom. The molecular weight excluding hydrogens is 422 g/mol. The van der Waals surface area contributed by atoms with Gasteiger partial charge in [-0.3, -0.25) is 4.98 Å². The molecule has 1 aromatic carbocycles. The summed E-state index contributed by atoms with van der Waals surface area (Å²) < 4.78 is 26.4. The predicted molar refractivity (Wildman–Crippen MR) is 127 cm³/mol. The van der Waals surface area contributed by atoms with Crippen LogP contribution in [0.3, 0.4) is 0 Å². The second kappa shape index (κ2) is 10.00. The van der Waals surface area contributed by atoms with Gasteiger partial charge in [-0.1, -0.05) is 30.3 Å². The zero-order valence-corrected chi connectivity index (χ0v) is 19.9. The van der Waals surface area contributed by atoms with E-state index < -0.39 is 16.1 Å². The summed E-state index contributed by atoms with van der Waals surface area (Å²) in [6.07, 6.45) is 6.22. The molecule has 0 amide bonds. The van der Waals surface area contributed by atoms with Crippen molar-refractivity contribution in [2.75, 3.05) is 32.4 Å². The molecule has 2 aliphatic rings. The molecule has 0 radical (unpaired) electrons. The highest BCUT2D eigenvalue weighted by molar-refractivity contribution is 7.88. The molecule has 4 atom stereocenters. The first-order chi connectivity index (χ1) is 15.3. The number of aromatic nitrogens is 1. The van der Waals surface area contributed by atoms with Gasteiger partial charge in [-0.15, -0.1) is 0 Å². The van der Waals surface area contributed by atoms with Gasteiger partial charge in [-0.05, 0) is 79.7 Å². The maximum absolute atomic E-state index is 11.8. The van der Waals surface area contributed by atoms with Gasteiger partial charge in [0.05, 0.1) is 18.1 Å². The van der Waals surface area contributed by atoms with Gasteiger partial charge in [0.25, 0.3) is 0 Å². The first kappa shape index (κ1) is 23.4. The molecule has 2 aromatic rings. The van der Waals surface area contributed by atoms with Crippen molar-refractivity contribution in [2.45, 2.75) is 44.6 Å². The lowest BCUT2D eigenvalue weighted by molar-refractivity contribution is 0.0983. The molecule has 0 bridgehead atoms. The Labute approximate surface area is 192 Å². The zero-order valence-electron chi connectivity index (χ0n) is 19.1. The molecular formula is C25H35N3O3S. The maximum atomic E-state index is 11.8. The summed E-state index contributed by atoms with van der Waals surface area (Å²) in [5, 5.41) is 10.7. The van der Waals surface area contributed by atoms with Crippen molar-refractivity contribution in [2.24, 2.45) is 11.8 Å². The number of likely N-dealkylation sites (tertiary alicyclic amines) is 1. The summed E-state index contributed by atoms with van der Waals surface area (Å²) in [4.78, 5) is 6.90. The number of nitrogens with one attached hydrogen (secondary N) is 1. The van der Waals surface area contributed by atoms with Gasteiger partial charge >= 0.3 is 0 Å². The maximum Gasteiger partial charge on any atom is 0.208 e. The average molecular weight is 458 g/mol. The van der Waals surface area contributed by atoms with Crippen LogP contribution in [-0.2, 0) is 16.4 Å². The van der Waals surface area contributed by atoms with Crippen molar-refractivity contribution in [1.82, 2.24) is 14.6 Å². The lowest BCUT2D eigenvalue weighted by Gasteiger charge is -2.40. The number of aryl methyl sites for hydroxylation is 2. The highest BCUT2D eigenvalue weighted by atomic mass is 32.2. The Kier molecular flexibility index (Phi) is 7.30. The van der Waals surface area contributed by atoms with E-state index in [-0.39, 0.29) is 5.92 Å². The summed E-state index contributed by atoms with van der Waals surface area (Å²) in [6.45, 7) is 5.38. The fourth-order valence-electron chi connectivity index (χ4n) is 5.55. The van der Waals surface area contributed by atoms with Crippen molar-refractivity contribution >= 4 is 10.0 Å². The number of aliphatic hydroxyl groups is 1. The summed E-state index contributed by atoms with van der Waals surface area (Å²) >= 11 is 0. The van der Waals surface area contributed by atoms with Gasteiger partial charge in [-0.25, -0.2) is 13.1 Å². The van der Waals surface area contributed by atoms with Crippen molar-refractivity contribution in [3.05, 3.63) is 65.0 Å². The van der Waals surface area contributed by atoms with Gasteiger partial charge < -0.3 is 10.0 Å². The summed E-state index contributed by atoms with van der Waals surface area (Å²) in [5.74, 6) is 0.960. The summed E-state index contributed by atoms with van der Waals surface area (Å²) in [5.41, 5.74) is 4.60. The number of pyridine rings is 1. The van der Waals surface area contributed by atoms with E-state index in [1.807, 2.05) is 6.07 Å². The average Bonchev–Trinajstić information content (AvgIpc) is 2.91. The zero-order chi connectivity index (χ0) is 22.7. The van der Waals surface area contributed by atoms with Crippen LogP contribution >= 0.6 is 0 Å². The molecule has 1 aromatic heterocycles. The van der Waals surface area contributed by atoms with Crippen molar-refractivity contribution < 1.29 is 13.5 Å². The fourth-order valence-corrected chi connectivity index (χ4v) is 6.07. The predicted octanol–water partition coefficient (Wildman–Crippen LogP) is 3.03. The van der Waals surface area contributed by atoms with Crippen LogP contribution in [-0.4, -0.2) is 55.8 Å². The van der Waals surface area contributed by atoms with Crippen LogP contribution < -0.4 is 4.72 Å². The molecule has 32 heavy (non-hydrogen) atoms. The highest BCUT2D eigenvalue weighted by Gasteiger charge is 2.33. The smallest absolute Gasteiger partial charge is 0.208 e. The molecule has 0 unspecified atom stereocenters. The highest BCUT2D eigenvalue weighted by Crippen LogP contribution is 2.36. The van der Waals surface area contributed by atoms with E-state index in [9.17, 15) is 13.5 Å². The number of hydrogen-bond acceptors (Lipinski definition) is 5. The van der Waals surface area contributed by atoms with Crippen LogP contribution in [0.15, 0.2) is 42.6 Å². The Morgan fingerprint density at radius 1 is 1.19 bits per heavy atom. The van der Waals surface area contributed by atoms with Crippen LogP contribution in [0, 0.1) is 18.8 Å². The van der Waals surface area contributed by atoms with Gasteiger partial charge in [0.15, 0.2) is 0 Å². The molecule has 6 nitrogen and oxygen atoms in total. The Hall–Kier alpha value is -1.80. The number of rotatable bonds is 6. The number of piperidine rings is 1. The topological polar surface area (TPSA) is 82.5 Å². The SMILES string of the molecule is Cc1ccccc1[C@H]1CCN(C[C@@H]2CCc3cccnc3[C@@H](O)C2)C[C@@H]1CNS(C)(=O)=O. The lowest BCUT2D eigenvalue weighted by Crippen LogP contribution is -2.46. The molecule has 1 saturated heterocycles. The van der Waals surface area contributed by atoms with E-state index in [0.29, 0.717) is 18.4 Å². The van der Waals surface area contributed by atoms with Crippen LogP contribution in [0.2, 0.25) is 0 Å². The molecule has 1 aliphatic carbocycles. The summed E-state index contributed by atoms with van der Waals surface area (Å²) in [7, 11) is -3.24. The third-order valence-corrected chi connectivity index (χ3v) is 7.84. The Bertz CT molecular complexity index is 1030. The molecule has 2 heterocycles. The number of hydrogen-bond donors (Lipinski definition) is 2. The molecule has 0 spiro atoms. The third kappa shape index (κ3) is 5.76. The van der Waals surface area contributed by atoms with Gasteiger partial charge in [0, 0.05) is 25.8 Å². The normalized spacial score (nSPS) is 27.0. The molecule has 7 heteroatoms. The molecule has 1 fully saturated rings. The number of nitrogens with zero attached hydrogens (tertiary/aromatic N) is 2. The summed E-state index contributed by atoms with van der Waals surface area (Å²) in [6, 6.07) is 12.5. The van der Waals surface area contributed by atoms with E-state index in [1.165, 1.54) is 17.4 Å².